The Labute approximate surface area is 121 Å². The minimum absolute atomic E-state index is 0.0826. The van der Waals surface area contributed by atoms with Gasteiger partial charge in [0.05, 0.1) is 6.10 Å². The topological polar surface area (TPSA) is 21.3 Å². The van der Waals surface area contributed by atoms with Crippen LogP contribution < -0.4 is 5.32 Å². The van der Waals surface area contributed by atoms with E-state index >= 15 is 0 Å². The first kappa shape index (κ1) is 15.5. The van der Waals surface area contributed by atoms with Crippen LogP contribution in [0.4, 0.5) is 4.39 Å². The van der Waals surface area contributed by atoms with Gasteiger partial charge in [-0.3, -0.25) is 0 Å². The van der Waals surface area contributed by atoms with Crippen molar-refractivity contribution in [2.45, 2.75) is 58.6 Å². The summed E-state index contributed by atoms with van der Waals surface area (Å²) in [6.45, 7) is 7.74. The van der Waals surface area contributed by atoms with Crippen LogP contribution >= 0.6 is 0 Å². The summed E-state index contributed by atoms with van der Waals surface area (Å²) in [4.78, 5) is 0. The molecule has 2 unspecified atom stereocenters. The van der Waals surface area contributed by atoms with Crippen molar-refractivity contribution in [3.63, 3.8) is 0 Å². The molecule has 0 saturated carbocycles. The highest BCUT2D eigenvalue weighted by atomic mass is 19.1. The van der Waals surface area contributed by atoms with E-state index in [-0.39, 0.29) is 11.9 Å². The lowest BCUT2D eigenvalue weighted by Gasteiger charge is -2.23. The van der Waals surface area contributed by atoms with Crippen LogP contribution in [0.1, 0.15) is 55.3 Å². The molecule has 0 aliphatic carbocycles. The number of ether oxygens (including phenoxy) is 1. The van der Waals surface area contributed by atoms with Gasteiger partial charge in [0.15, 0.2) is 0 Å². The lowest BCUT2D eigenvalue weighted by Crippen LogP contribution is -2.24. The van der Waals surface area contributed by atoms with E-state index in [9.17, 15) is 4.39 Å². The summed E-state index contributed by atoms with van der Waals surface area (Å²) < 4.78 is 20.0. The van der Waals surface area contributed by atoms with Crippen LogP contribution in [0, 0.1) is 19.7 Å². The van der Waals surface area contributed by atoms with E-state index in [1.165, 1.54) is 0 Å². The fourth-order valence-corrected chi connectivity index (χ4v) is 3.19. The first-order valence-corrected chi connectivity index (χ1v) is 7.73. The Hall–Kier alpha value is -0.930. The second-order valence-electron chi connectivity index (χ2n) is 5.80. The van der Waals surface area contributed by atoms with E-state index in [0.717, 1.165) is 55.5 Å². The molecule has 0 amide bonds. The van der Waals surface area contributed by atoms with Crippen LogP contribution in [0.15, 0.2) is 12.1 Å². The largest absolute Gasteiger partial charge is 0.378 e. The third-order valence-electron chi connectivity index (χ3n) is 4.08. The minimum Gasteiger partial charge on any atom is -0.378 e. The number of benzene rings is 1. The summed E-state index contributed by atoms with van der Waals surface area (Å²) in [6.07, 6.45) is 4.61. The van der Waals surface area contributed by atoms with Gasteiger partial charge in [0.25, 0.3) is 0 Å². The molecule has 2 nitrogen and oxygen atoms in total. The lowest BCUT2D eigenvalue weighted by molar-refractivity contribution is 0.0995. The van der Waals surface area contributed by atoms with Crippen molar-refractivity contribution in [3.8, 4) is 0 Å². The van der Waals surface area contributed by atoms with Gasteiger partial charge in [-0.1, -0.05) is 13.0 Å². The molecule has 1 fully saturated rings. The zero-order valence-electron chi connectivity index (χ0n) is 12.8. The Kier molecular flexibility index (Phi) is 5.55. The normalized spacial score (nSPS) is 20.3. The molecule has 0 aromatic heterocycles. The van der Waals surface area contributed by atoms with Crippen molar-refractivity contribution < 1.29 is 9.13 Å². The van der Waals surface area contributed by atoms with E-state index in [2.05, 4.69) is 18.3 Å². The van der Waals surface area contributed by atoms with Crippen LogP contribution in [0.2, 0.25) is 0 Å². The van der Waals surface area contributed by atoms with Crippen LogP contribution in [-0.4, -0.2) is 19.3 Å². The van der Waals surface area contributed by atoms with Gasteiger partial charge in [0.2, 0.25) is 0 Å². The van der Waals surface area contributed by atoms with Crippen LogP contribution in [-0.2, 0) is 4.74 Å². The van der Waals surface area contributed by atoms with Crippen molar-refractivity contribution >= 4 is 0 Å². The van der Waals surface area contributed by atoms with Gasteiger partial charge >= 0.3 is 0 Å². The van der Waals surface area contributed by atoms with E-state index in [1.54, 1.807) is 6.07 Å². The van der Waals surface area contributed by atoms with Gasteiger partial charge in [-0.2, -0.15) is 0 Å². The predicted molar refractivity (Wildman–Crippen MR) is 80.5 cm³/mol. The summed E-state index contributed by atoms with van der Waals surface area (Å²) in [5.41, 5.74) is 2.86. The highest BCUT2D eigenvalue weighted by Gasteiger charge is 2.21. The van der Waals surface area contributed by atoms with Gasteiger partial charge < -0.3 is 10.1 Å². The van der Waals surface area contributed by atoms with Crippen LogP contribution in [0.25, 0.3) is 0 Å². The van der Waals surface area contributed by atoms with Gasteiger partial charge in [0, 0.05) is 18.2 Å². The van der Waals surface area contributed by atoms with E-state index in [4.69, 9.17) is 4.74 Å². The highest BCUT2D eigenvalue weighted by molar-refractivity contribution is 5.34. The monoisotopic (exact) mass is 279 g/mol. The molecule has 2 atom stereocenters. The van der Waals surface area contributed by atoms with Crippen molar-refractivity contribution in [2.75, 3.05) is 13.2 Å². The Bertz CT molecular complexity index is 418. The SMILES string of the molecule is CCNC(CCC1CCCO1)c1c(C)cc(C)cc1F. The molecule has 1 aromatic carbocycles. The highest BCUT2D eigenvalue weighted by Crippen LogP contribution is 2.28. The second-order valence-corrected chi connectivity index (χ2v) is 5.80. The Morgan fingerprint density at radius 3 is 2.80 bits per heavy atom. The Morgan fingerprint density at radius 1 is 1.40 bits per heavy atom. The Morgan fingerprint density at radius 2 is 2.20 bits per heavy atom. The quantitative estimate of drug-likeness (QED) is 0.848. The molecule has 1 N–H and O–H groups in total. The number of aryl methyl sites for hydroxylation is 2. The summed E-state index contributed by atoms with van der Waals surface area (Å²) in [6, 6.07) is 3.79. The number of rotatable bonds is 6. The molecule has 112 valence electrons. The molecule has 1 aliphatic heterocycles. The molecule has 1 aliphatic rings. The predicted octanol–water partition coefficient (Wildman–Crippen LogP) is 4.05. The first-order chi connectivity index (χ1) is 9.61. The smallest absolute Gasteiger partial charge is 0.128 e. The molecule has 3 heteroatoms. The maximum absolute atomic E-state index is 14.3. The number of hydrogen-bond acceptors (Lipinski definition) is 2. The molecule has 2 rings (SSSR count). The van der Waals surface area contributed by atoms with Crippen LogP contribution in [0.5, 0.6) is 0 Å². The number of halogens is 1. The second kappa shape index (κ2) is 7.19. The number of nitrogens with one attached hydrogen (secondary N) is 1. The molecule has 1 heterocycles. The summed E-state index contributed by atoms with van der Waals surface area (Å²) in [5, 5.41) is 3.43. The molecular formula is C17H26FNO. The molecule has 1 saturated heterocycles. The molecule has 0 radical (unpaired) electrons. The minimum atomic E-state index is -0.0826. The molecule has 20 heavy (non-hydrogen) atoms. The third-order valence-corrected chi connectivity index (χ3v) is 4.08. The molecule has 0 spiro atoms. The zero-order valence-corrected chi connectivity index (χ0v) is 12.8. The van der Waals surface area contributed by atoms with Gasteiger partial charge in [-0.15, -0.1) is 0 Å². The summed E-state index contributed by atoms with van der Waals surface area (Å²) in [7, 11) is 0. The first-order valence-electron chi connectivity index (χ1n) is 7.73. The fourth-order valence-electron chi connectivity index (χ4n) is 3.19. The van der Waals surface area contributed by atoms with E-state index < -0.39 is 0 Å². The van der Waals surface area contributed by atoms with Gasteiger partial charge in [-0.25, -0.2) is 4.39 Å². The van der Waals surface area contributed by atoms with Crippen molar-refractivity contribution in [1.82, 2.24) is 5.32 Å². The van der Waals surface area contributed by atoms with Gasteiger partial charge in [0.1, 0.15) is 5.82 Å². The fraction of sp³-hybridized carbons (Fsp3) is 0.647. The maximum atomic E-state index is 14.3. The zero-order chi connectivity index (χ0) is 14.5. The van der Waals surface area contributed by atoms with Crippen LogP contribution in [0.3, 0.4) is 0 Å². The average molecular weight is 279 g/mol. The standard InChI is InChI=1S/C17H26FNO/c1-4-19-16(8-7-14-6-5-9-20-14)17-13(3)10-12(2)11-15(17)18/h10-11,14,16,19H,4-9H2,1-3H3. The Balaban J connectivity index is 2.10. The molecule has 0 bridgehead atoms. The van der Waals surface area contributed by atoms with E-state index in [1.807, 2.05) is 13.8 Å². The summed E-state index contributed by atoms with van der Waals surface area (Å²) in [5.74, 6) is -0.0826. The molecule has 1 aromatic rings. The van der Waals surface area contributed by atoms with Crippen molar-refractivity contribution in [3.05, 3.63) is 34.6 Å². The average Bonchev–Trinajstić information content (AvgIpc) is 2.87. The van der Waals surface area contributed by atoms with Gasteiger partial charge in [-0.05, 0) is 63.3 Å². The number of hydrogen-bond donors (Lipinski definition) is 1. The molecular weight excluding hydrogens is 253 g/mol. The van der Waals surface area contributed by atoms with Crippen molar-refractivity contribution in [2.24, 2.45) is 0 Å². The summed E-state index contributed by atoms with van der Waals surface area (Å²) >= 11 is 0. The van der Waals surface area contributed by atoms with Crippen molar-refractivity contribution in [1.29, 1.82) is 0 Å². The maximum Gasteiger partial charge on any atom is 0.128 e. The lowest BCUT2D eigenvalue weighted by atomic mass is 9.94. The van der Waals surface area contributed by atoms with E-state index in [0.29, 0.717) is 6.10 Å². The third kappa shape index (κ3) is 3.80.